The van der Waals surface area contributed by atoms with Crippen LogP contribution in [0.2, 0.25) is 5.02 Å². The number of carbonyl (C=O) groups is 3. The van der Waals surface area contributed by atoms with Crippen LogP contribution in [-0.4, -0.2) is 59.4 Å². The lowest BCUT2D eigenvalue weighted by Crippen LogP contribution is -2.58. The van der Waals surface area contributed by atoms with Crippen LogP contribution in [0.25, 0.3) is 11.1 Å². The van der Waals surface area contributed by atoms with E-state index in [1.807, 2.05) is 18.2 Å². The number of rotatable bonds is 2. The lowest BCUT2D eigenvalue weighted by molar-refractivity contribution is -0.133. The van der Waals surface area contributed by atoms with Crippen LogP contribution in [0.5, 0.6) is 11.5 Å². The van der Waals surface area contributed by atoms with Crippen molar-refractivity contribution in [1.82, 2.24) is 20.5 Å². The number of halogens is 2. The van der Waals surface area contributed by atoms with Crippen LogP contribution in [0, 0.1) is 5.82 Å². The van der Waals surface area contributed by atoms with Gasteiger partial charge < -0.3 is 25.0 Å². The highest BCUT2D eigenvalue weighted by atomic mass is 35.5. The fourth-order valence-corrected chi connectivity index (χ4v) is 5.66. The maximum atomic E-state index is 14.7. The second kappa shape index (κ2) is 13.4. The summed E-state index contributed by atoms with van der Waals surface area (Å²) < 4.78 is 26.6. The Morgan fingerprint density at radius 3 is 2.69 bits per heavy atom. The number of carbonyl (C=O) groups excluding carboxylic acids is 3. The van der Waals surface area contributed by atoms with Crippen molar-refractivity contribution in [3.05, 3.63) is 113 Å². The van der Waals surface area contributed by atoms with Crippen molar-refractivity contribution in [2.75, 3.05) is 19.7 Å². The number of nitrogens with zero attached hydrogens (tertiary/aromatic N) is 2. The van der Waals surface area contributed by atoms with E-state index in [4.69, 9.17) is 21.1 Å². The number of hydrogen-bond donors (Lipinski definition) is 2. The van der Waals surface area contributed by atoms with Gasteiger partial charge in [-0.2, -0.15) is 0 Å². The number of fused-ring (bicyclic) bond motifs is 8. The third-order valence-electron chi connectivity index (χ3n) is 7.76. The molecule has 6 bridgehead atoms. The molecule has 3 heterocycles. The minimum Gasteiger partial charge on any atom is -0.488 e. The summed E-state index contributed by atoms with van der Waals surface area (Å²) in [6.07, 6.45) is 3.01. The van der Waals surface area contributed by atoms with Gasteiger partial charge in [-0.25, -0.2) is 4.39 Å². The van der Waals surface area contributed by atoms with Crippen molar-refractivity contribution in [3.8, 4) is 22.6 Å². The zero-order valence-corrected chi connectivity index (χ0v) is 24.9. The molecule has 230 valence electrons. The standard InChI is InChI=1S/C34H30ClFN4O5/c35-29-7-2-1-4-23(29)14-33(42)40-9-8-31-30(19-40)39-34(43)25-12-24(17-37-18-25)22-5-3-6-27(13-22)44-20-32(41)38-16-21-10-26(36)15-28(11-21)45-31/h1-7,10-13,15,17-18,30-31H,8-9,14,16,19-20H2,(H,38,41)(H,39,43)/t30-,31+/m1/s1. The summed E-state index contributed by atoms with van der Waals surface area (Å²) >= 11 is 6.31. The molecule has 11 heteroatoms. The summed E-state index contributed by atoms with van der Waals surface area (Å²) in [5.41, 5.74) is 2.93. The first-order valence-electron chi connectivity index (χ1n) is 14.5. The number of benzene rings is 3. The second-order valence-electron chi connectivity index (χ2n) is 11.0. The molecule has 1 aromatic heterocycles. The van der Waals surface area contributed by atoms with Gasteiger partial charge in [-0.15, -0.1) is 0 Å². The van der Waals surface area contributed by atoms with E-state index in [1.54, 1.807) is 53.6 Å². The summed E-state index contributed by atoms with van der Waals surface area (Å²) in [6.45, 7) is 0.359. The maximum absolute atomic E-state index is 14.7. The fraction of sp³-hybridized carbons (Fsp3) is 0.235. The highest BCUT2D eigenvalue weighted by molar-refractivity contribution is 6.31. The van der Waals surface area contributed by atoms with Crippen molar-refractivity contribution in [3.63, 3.8) is 0 Å². The van der Waals surface area contributed by atoms with Gasteiger partial charge in [0, 0.05) is 55.1 Å². The Labute approximate surface area is 264 Å². The maximum Gasteiger partial charge on any atom is 0.258 e. The Morgan fingerprint density at radius 1 is 0.978 bits per heavy atom. The molecule has 9 nitrogen and oxygen atoms in total. The molecule has 3 aromatic carbocycles. The molecule has 1 fully saturated rings. The van der Waals surface area contributed by atoms with Gasteiger partial charge in [0.25, 0.3) is 11.8 Å². The van der Waals surface area contributed by atoms with Crippen molar-refractivity contribution in [2.45, 2.75) is 31.5 Å². The average molecular weight is 629 g/mol. The molecule has 1 saturated heterocycles. The molecule has 2 aliphatic heterocycles. The molecule has 0 aliphatic carbocycles. The SMILES string of the molecule is O=C1COc2cccc(c2)-c2cncc(c2)C(=O)N[C@@H]2CN(C(=O)Cc3ccccc3Cl)CC[C@@H]2Oc2cc(F)cc(c2)CN1. The Balaban J connectivity index is 1.31. The van der Waals surface area contributed by atoms with E-state index in [0.29, 0.717) is 46.0 Å². The first-order chi connectivity index (χ1) is 21.8. The predicted octanol–water partition coefficient (Wildman–Crippen LogP) is 4.57. The van der Waals surface area contributed by atoms with Crippen LogP contribution in [0.1, 0.15) is 27.9 Å². The van der Waals surface area contributed by atoms with Crippen molar-refractivity contribution >= 4 is 29.3 Å². The van der Waals surface area contributed by atoms with Crippen LogP contribution in [0.15, 0.2) is 85.2 Å². The third-order valence-corrected chi connectivity index (χ3v) is 8.13. The van der Waals surface area contributed by atoms with E-state index in [2.05, 4.69) is 15.6 Å². The van der Waals surface area contributed by atoms with Gasteiger partial charge in [0.05, 0.1) is 18.0 Å². The van der Waals surface area contributed by atoms with E-state index >= 15 is 0 Å². The lowest BCUT2D eigenvalue weighted by atomic mass is 9.99. The zero-order valence-electron chi connectivity index (χ0n) is 24.2. The van der Waals surface area contributed by atoms with Crippen LogP contribution >= 0.6 is 11.6 Å². The van der Waals surface area contributed by atoms with Crippen molar-refractivity contribution < 1.29 is 28.2 Å². The highest BCUT2D eigenvalue weighted by Gasteiger charge is 2.34. The van der Waals surface area contributed by atoms with Gasteiger partial charge in [0.1, 0.15) is 23.4 Å². The number of piperidine rings is 1. The molecule has 0 saturated carbocycles. The Bertz CT molecular complexity index is 1750. The van der Waals surface area contributed by atoms with Gasteiger partial charge in [-0.1, -0.05) is 41.9 Å². The monoisotopic (exact) mass is 628 g/mol. The first-order valence-corrected chi connectivity index (χ1v) is 14.9. The highest BCUT2D eigenvalue weighted by Crippen LogP contribution is 2.26. The zero-order chi connectivity index (χ0) is 31.3. The number of pyridine rings is 1. The molecule has 0 spiro atoms. The molecule has 2 aliphatic rings. The summed E-state index contributed by atoms with van der Waals surface area (Å²) in [7, 11) is 0. The molecule has 45 heavy (non-hydrogen) atoms. The number of aromatic nitrogens is 1. The largest absolute Gasteiger partial charge is 0.488 e. The third kappa shape index (κ3) is 7.41. The molecule has 2 atom stereocenters. The molecular formula is C34H30ClFN4O5. The van der Waals surface area contributed by atoms with Crippen LogP contribution in [0.3, 0.4) is 0 Å². The fourth-order valence-electron chi connectivity index (χ4n) is 5.46. The average Bonchev–Trinajstić information content (AvgIpc) is 3.04. The Kier molecular flexibility index (Phi) is 8.93. The summed E-state index contributed by atoms with van der Waals surface area (Å²) in [5.74, 6) is -0.745. The normalized spacial score (nSPS) is 18.5. The number of likely N-dealkylation sites (tertiary alicyclic amines) is 1. The lowest BCUT2D eigenvalue weighted by Gasteiger charge is -2.39. The van der Waals surface area contributed by atoms with Gasteiger partial charge in [0.2, 0.25) is 5.91 Å². The predicted molar refractivity (Wildman–Crippen MR) is 165 cm³/mol. The molecular weight excluding hydrogens is 599 g/mol. The molecule has 2 N–H and O–H groups in total. The van der Waals surface area contributed by atoms with E-state index < -0.39 is 23.9 Å². The van der Waals surface area contributed by atoms with Crippen LogP contribution in [0.4, 0.5) is 4.39 Å². The smallest absolute Gasteiger partial charge is 0.258 e. The Hall–Kier alpha value is -4.96. The van der Waals surface area contributed by atoms with Gasteiger partial charge in [0.15, 0.2) is 6.61 Å². The van der Waals surface area contributed by atoms with E-state index in [0.717, 1.165) is 5.56 Å². The molecule has 0 radical (unpaired) electrons. The number of nitrogens with one attached hydrogen (secondary N) is 2. The first kappa shape index (κ1) is 30.1. The minimum absolute atomic E-state index is 0.0585. The van der Waals surface area contributed by atoms with Crippen molar-refractivity contribution in [1.29, 1.82) is 0 Å². The molecule has 3 amide bonds. The number of amides is 3. The van der Waals surface area contributed by atoms with Gasteiger partial charge in [-0.3, -0.25) is 19.4 Å². The molecule has 4 aromatic rings. The number of hydrogen-bond acceptors (Lipinski definition) is 6. The van der Waals surface area contributed by atoms with Crippen LogP contribution < -0.4 is 20.1 Å². The van der Waals surface area contributed by atoms with E-state index in [-0.39, 0.29) is 43.7 Å². The quantitative estimate of drug-likeness (QED) is 0.337. The summed E-state index contributed by atoms with van der Waals surface area (Å²) in [6, 6.07) is 19.6. The second-order valence-corrected chi connectivity index (χ2v) is 11.4. The molecule has 0 unspecified atom stereocenters. The van der Waals surface area contributed by atoms with Gasteiger partial charge in [-0.05, 0) is 53.1 Å². The summed E-state index contributed by atoms with van der Waals surface area (Å²) in [4.78, 5) is 45.4. The van der Waals surface area contributed by atoms with Gasteiger partial charge >= 0.3 is 0 Å². The minimum atomic E-state index is -0.629. The summed E-state index contributed by atoms with van der Waals surface area (Å²) in [5, 5.41) is 6.29. The number of ether oxygens (including phenoxy) is 2. The van der Waals surface area contributed by atoms with Crippen molar-refractivity contribution in [2.24, 2.45) is 0 Å². The topological polar surface area (TPSA) is 110 Å². The van der Waals surface area contributed by atoms with E-state index in [1.165, 1.54) is 18.3 Å². The Morgan fingerprint density at radius 2 is 1.82 bits per heavy atom. The van der Waals surface area contributed by atoms with E-state index in [9.17, 15) is 18.8 Å². The molecule has 6 rings (SSSR count). The van der Waals surface area contributed by atoms with Crippen LogP contribution in [-0.2, 0) is 22.6 Å².